The summed E-state index contributed by atoms with van der Waals surface area (Å²) in [5, 5.41) is 10.4. The Hall–Kier alpha value is -2.05. The lowest BCUT2D eigenvalue weighted by Gasteiger charge is -2.38. The topological polar surface area (TPSA) is 65.8 Å². The lowest BCUT2D eigenvalue weighted by atomic mass is 9.93. The number of anilines is 1. The number of hydrogen-bond acceptors (Lipinski definition) is 4. The summed E-state index contributed by atoms with van der Waals surface area (Å²) in [6.07, 6.45) is 3.24. The van der Waals surface area contributed by atoms with E-state index in [1.807, 2.05) is 4.57 Å². The molecule has 0 amide bonds. The van der Waals surface area contributed by atoms with Gasteiger partial charge in [-0.3, -0.25) is 4.79 Å². The Morgan fingerprint density at radius 2 is 2.00 bits per heavy atom. The number of carboxylic acid groups (broad SMARTS) is 1. The molecule has 0 aliphatic carbocycles. The van der Waals surface area contributed by atoms with Crippen LogP contribution >= 0.6 is 11.6 Å². The summed E-state index contributed by atoms with van der Waals surface area (Å²) in [5.74, 6) is -1.19. The highest BCUT2D eigenvalue weighted by Crippen LogP contribution is 2.41. The van der Waals surface area contributed by atoms with E-state index in [9.17, 15) is 14.7 Å². The first kappa shape index (κ1) is 18.3. The minimum absolute atomic E-state index is 0.143. The van der Waals surface area contributed by atoms with Gasteiger partial charge < -0.3 is 19.5 Å². The van der Waals surface area contributed by atoms with E-state index < -0.39 is 11.4 Å². The van der Waals surface area contributed by atoms with Crippen LogP contribution in [0, 0.1) is 0 Å². The van der Waals surface area contributed by atoms with Gasteiger partial charge in [-0.1, -0.05) is 18.5 Å². The second kappa shape index (κ2) is 6.84. The van der Waals surface area contributed by atoms with Crippen molar-refractivity contribution in [3.05, 3.63) is 38.6 Å². The highest BCUT2D eigenvalue weighted by molar-refractivity contribution is 6.34. The number of halogens is 1. The minimum atomic E-state index is -1.19. The van der Waals surface area contributed by atoms with Crippen LogP contribution in [0.25, 0.3) is 10.9 Å². The molecule has 1 aromatic carbocycles. The number of likely N-dealkylation sites (N-methyl/N-ethyl adjacent to an activating group) is 1. The van der Waals surface area contributed by atoms with Gasteiger partial charge in [0.1, 0.15) is 5.56 Å². The highest BCUT2D eigenvalue weighted by Gasteiger charge is 2.29. The largest absolute Gasteiger partial charge is 0.477 e. The van der Waals surface area contributed by atoms with Crippen LogP contribution in [0.15, 0.2) is 17.1 Å². The van der Waals surface area contributed by atoms with Crippen molar-refractivity contribution in [2.75, 3.05) is 37.6 Å². The van der Waals surface area contributed by atoms with Gasteiger partial charge in [-0.15, -0.1) is 0 Å². The third-order valence-electron chi connectivity index (χ3n) is 5.99. The molecule has 1 aromatic heterocycles. The zero-order chi connectivity index (χ0) is 19.3. The van der Waals surface area contributed by atoms with Gasteiger partial charge >= 0.3 is 5.97 Å². The van der Waals surface area contributed by atoms with E-state index in [4.69, 9.17) is 11.6 Å². The Kier molecular flexibility index (Phi) is 4.64. The fourth-order valence-electron chi connectivity index (χ4n) is 4.42. The summed E-state index contributed by atoms with van der Waals surface area (Å²) in [6, 6.07) is 1.82. The number of piperazine rings is 1. The first-order valence-electron chi connectivity index (χ1n) is 9.53. The van der Waals surface area contributed by atoms with Crippen LogP contribution in [0.4, 0.5) is 5.69 Å². The molecule has 2 aliphatic heterocycles. The van der Waals surface area contributed by atoms with E-state index in [-0.39, 0.29) is 11.6 Å². The van der Waals surface area contributed by atoms with Crippen molar-refractivity contribution in [3.8, 4) is 0 Å². The van der Waals surface area contributed by atoms with E-state index in [1.54, 1.807) is 6.07 Å². The first-order chi connectivity index (χ1) is 12.9. The molecule has 27 heavy (non-hydrogen) atoms. The van der Waals surface area contributed by atoms with E-state index in [0.29, 0.717) is 10.4 Å². The van der Waals surface area contributed by atoms with Crippen LogP contribution in [0.1, 0.15) is 42.2 Å². The molecular weight excluding hydrogens is 366 g/mol. The summed E-state index contributed by atoms with van der Waals surface area (Å²) < 4.78 is 1.96. The molecule has 4 rings (SSSR count). The molecule has 2 aliphatic rings. The number of hydrogen-bond donors (Lipinski definition) is 1. The summed E-state index contributed by atoms with van der Waals surface area (Å²) in [7, 11) is 0. The van der Waals surface area contributed by atoms with Gasteiger partial charge in [0, 0.05) is 49.4 Å². The number of nitrogens with zero attached hydrogens (tertiary/aromatic N) is 3. The number of benzene rings is 1. The smallest absolute Gasteiger partial charge is 0.341 e. The third kappa shape index (κ3) is 2.91. The van der Waals surface area contributed by atoms with Crippen LogP contribution < -0.4 is 10.3 Å². The Morgan fingerprint density at radius 3 is 2.63 bits per heavy atom. The van der Waals surface area contributed by atoms with Crippen LogP contribution in [0.2, 0.25) is 5.02 Å². The van der Waals surface area contributed by atoms with Gasteiger partial charge in [0.25, 0.3) is 0 Å². The number of rotatable bonds is 3. The zero-order valence-corrected chi connectivity index (χ0v) is 16.4. The molecular formula is C20H24ClN3O3. The molecule has 0 spiro atoms. The van der Waals surface area contributed by atoms with Gasteiger partial charge in [-0.2, -0.15) is 0 Å². The summed E-state index contributed by atoms with van der Waals surface area (Å²) in [6.45, 7) is 9.06. The maximum atomic E-state index is 12.8. The van der Waals surface area contributed by atoms with E-state index in [0.717, 1.165) is 62.3 Å². The van der Waals surface area contributed by atoms with Gasteiger partial charge in [-0.25, -0.2) is 4.79 Å². The quantitative estimate of drug-likeness (QED) is 0.874. The number of aryl methyl sites for hydroxylation is 1. The molecule has 0 bridgehead atoms. The normalized spacial score (nSPS) is 20.3. The number of carboxylic acids is 1. The summed E-state index contributed by atoms with van der Waals surface area (Å²) in [4.78, 5) is 29.0. The lowest BCUT2D eigenvalue weighted by Crippen LogP contribution is -2.46. The van der Waals surface area contributed by atoms with Crippen LogP contribution in [0.3, 0.4) is 0 Å². The van der Waals surface area contributed by atoms with Crippen molar-refractivity contribution in [2.45, 2.75) is 32.7 Å². The SMILES string of the molecule is CCN1CCN(c2c(Cl)cc3c(=O)c(C(=O)O)cn4c3c2CCC4C)CC1. The second-order valence-corrected chi connectivity index (χ2v) is 7.88. The van der Waals surface area contributed by atoms with Crippen molar-refractivity contribution < 1.29 is 9.90 Å². The molecule has 3 heterocycles. The standard InChI is InChI=1S/C20H24ClN3O3/c1-3-22-6-8-23(9-7-22)18-13-5-4-12(2)24-11-15(20(26)27)19(25)14(17(13)24)10-16(18)21/h10-12H,3-9H2,1-2H3,(H,26,27). The average molecular weight is 390 g/mol. The van der Waals surface area contributed by atoms with Gasteiger partial charge in [0.05, 0.1) is 16.2 Å². The fourth-order valence-corrected chi connectivity index (χ4v) is 4.76. The van der Waals surface area contributed by atoms with E-state index >= 15 is 0 Å². The maximum absolute atomic E-state index is 12.8. The molecule has 144 valence electrons. The lowest BCUT2D eigenvalue weighted by molar-refractivity contribution is 0.0694. The number of carbonyl (C=O) groups is 1. The molecule has 1 atom stereocenters. The number of aromatic nitrogens is 1. The maximum Gasteiger partial charge on any atom is 0.341 e. The zero-order valence-electron chi connectivity index (χ0n) is 15.7. The molecule has 1 saturated heterocycles. The molecule has 2 aromatic rings. The first-order valence-corrected chi connectivity index (χ1v) is 9.91. The van der Waals surface area contributed by atoms with E-state index in [1.165, 1.54) is 6.20 Å². The summed E-state index contributed by atoms with van der Waals surface area (Å²) in [5.41, 5.74) is 2.30. The van der Waals surface area contributed by atoms with Crippen molar-refractivity contribution in [2.24, 2.45) is 0 Å². The molecule has 6 nitrogen and oxygen atoms in total. The Balaban J connectivity index is 1.94. The van der Waals surface area contributed by atoms with Crippen LogP contribution in [0.5, 0.6) is 0 Å². The summed E-state index contributed by atoms with van der Waals surface area (Å²) >= 11 is 6.66. The van der Waals surface area contributed by atoms with Crippen LogP contribution in [-0.4, -0.2) is 53.3 Å². The fraction of sp³-hybridized carbons (Fsp3) is 0.500. The Labute approximate surface area is 162 Å². The minimum Gasteiger partial charge on any atom is -0.477 e. The van der Waals surface area contributed by atoms with E-state index in [2.05, 4.69) is 23.6 Å². The van der Waals surface area contributed by atoms with Gasteiger partial charge in [0.15, 0.2) is 0 Å². The van der Waals surface area contributed by atoms with Crippen molar-refractivity contribution in [3.63, 3.8) is 0 Å². The molecule has 0 saturated carbocycles. The second-order valence-electron chi connectivity index (χ2n) is 7.48. The number of pyridine rings is 1. The Bertz CT molecular complexity index is 977. The molecule has 1 unspecified atom stereocenters. The van der Waals surface area contributed by atoms with Crippen molar-refractivity contribution >= 4 is 34.2 Å². The van der Waals surface area contributed by atoms with Gasteiger partial charge in [-0.05, 0) is 32.4 Å². The Morgan fingerprint density at radius 1 is 1.30 bits per heavy atom. The average Bonchev–Trinajstić information content (AvgIpc) is 2.66. The molecule has 0 radical (unpaired) electrons. The highest BCUT2D eigenvalue weighted by atomic mass is 35.5. The predicted octanol–water partition coefficient (Wildman–Crippen LogP) is 3.00. The number of aromatic carboxylic acids is 1. The van der Waals surface area contributed by atoms with Crippen LogP contribution in [-0.2, 0) is 6.42 Å². The molecule has 7 heteroatoms. The molecule has 1 N–H and O–H groups in total. The van der Waals surface area contributed by atoms with Crippen molar-refractivity contribution in [1.82, 2.24) is 9.47 Å². The molecule has 1 fully saturated rings. The van der Waals surface area contributed by atoms with Gasteiger partial charge in [0.2, 0.25) is 5.43 Å². The van der Waals surface area contributed by atoms with Crippen molar-refractivity contribution in [1.29, 1.82) is 0 Å². The predicted molar refractivity (Wildman–Crippen MR) is 108 cm³/mol. The third-order valence-corrected chi connectivity index (χ3v) is 6.28. The monoisotopic (exact) mass is 389 g/mol.